The summed E-state index contributed by atoms with van der Waals surface area (Å²) < 4.78 is 26.2. The number of nitrogens with zero attached hydrogens (tertiary/aromatic N) is 2. The van der Waals surface area contributed by atoms with E-state index in [1.165, 1.54) is 22.5 Å². The summed E-state index contributed by atoms with van der Waals surface area (Å²) in [6, 6.07) is 6.25. The highest BCUT2D eigenvalue weighted by atomic mass is 35.5. The number of hydrogen-bond donors (Lipinski definition) is 0. The molecule has 0 fully saturated rings. The fourth-order valence-electron chi connectivity index (χ4n) is 1.59. The lowest BCUT2D eigenvalue weighted by Gasteiger charge is -2.21. The molecule has 0 radical (unpaired) electrons. The minimum absolute atomic E-state index is 0.0203. The van der Waals surface area contributed by atoms with Crippen molar-refractivity contribution in [1.82, 2.24) is 4.31 Å². The lowest BCUT2D eigenvalue weighted by atomic mass is 10.4. The van der Waals surface area contributed by atoms with Crippen LogP contribution < -0.4 is 0 Å². The second-order valence-electron chi connectivity index (χ2n) is 3.89. The van der Waals surface area contributed by atoms with Gasteiger partial charge in [0.15, 0.2) is 0 Å². The average Bonchev–Trinajstić information content (AvgIpc) is 2.37. The van der Waals surface area contributed by atoms with Gasteiger partial charge in [-0.25, -0.2) is 8.42 Å². The van der Waals surface area contributed by atoms with Gasteiger partial charge in [-0.2, -0.15) is 9.57 Å². The first-order chi connectivity index (χ1) is 8.93. The van der Waals surface area contributed by atoms with Crippen LogP contribution in [0.15, 0.2) is 23.1 Å². The molecule has 1 rings (SSSR count). The quantitative estimate of drug-likeness (QED) is 0.807. The van der Waals surface area contributed by atoms with Crippen molar-refractivity contribution in [3.05, 3.63) is 28.2 Å². The molecular formula is C12H14Cl2N2O2S. The molecule has 0 bridgehead atoms. The van der Waals surface area contributed by atoms with Crippen molar-refractivity contribution < 1.29 is 8.42 Å². The molecule has 0 aliphatic carbocycles. The summed E-state index contributed by atoms with van der Waals surface area (Å²) in [5, 5.41) is 9.03. The molecule has 0 amide bonds. The molecule has 0 atom stereocenters. The Kier molecular flexibility index (Phi) is 6.08. The Hall–Kier alpha value is -0.800. The first-order valence-electron chi connectivity index (χ1n) is 5.75. The van der Waals surface area contributed by atoms with E-state index in [0.717, 1.165) is 0 Å². The molecule has 4 nitrogen and oxygen atoms in total. The summed E-state index contributed by atoms with van der Waals surface area (Å²) in [7, 11) is -3.72. The van der Waals surface area contributed by atoms with E-state index in [4.69, 9.17) is 28.5 Å². The van der Waals surface area contributed by atoms with E-state index < -0.39 is 10.0 Å². The molecule has 0 aromatic heterocycles. The Balaban J connectivity index is 3.19. The van der Waals surface area contributed by atoms with E-state index in [0.29, 0.717) is 18.0 Å². The molecule has 1 aromatic carbocycles. The Morgan fingerprint density at radius 1 is 1.32 bits per heavy atom. The van der Waals surface area contributed by atoms with Gasteiger partial charge in [0.05, 0.1) is 11.1 Å². The van der Waals surface area contributed by atoms with E-state index in [-0.39, 0.29) is 22.9 Å². The number of hydrogen-bond acceptors (Lipinski definition) is 3. The van der Waals surface area contributed by atoms with Gasteiger partial charge in [0.25, 0.3) is 0 Å². The van der Waals surface area contributed by atoms with Gasteiger partial charge in [-0.1, -0.05) is 30.1 Å². The number of rotatable bonds is 6. The Morgan fingerprint density at radius 3 is 2.58 bits per heavy atom. The lowest BCUT2D eigenvalue weighted by Crippen LogP contribution is -2.32. The van der Waals surface area contributed by atoms with E-state index in [1.54, 1.807) is 0 Å². The predicted octanol–water partition coefficient (Wildman–Crippen LogP) is 3.31. The Morgan fingerprint density at radius 2 is 2.00 bits per heavy atom. The van der Waals surface area contributed by atoms with Crippen LogP contribution in [-0.4, -0.2) is 25.8 Å². The SMILES string of the molecule is CCCN(CCC#N)S(=O)(=O)c1cc(Cl)ccc1Cl. The minimum Gasteiger partial charge on any atom is -0.207 e. The van der Waals surface area contributed by atoms with Crippen LogP contribution in [0.25, 0.3) is 0 Å². The van der Waals surface area contributed by atoms with Crippen LogP contribution in [0.4, 0.5) is 0 Å². The first kappa shape index (κ1) is 16.3. The highest BCUT2D eigenvalue weighted by molar-refractivity contribution is 7.89. The molecule has 0 saturated carbocycles. The normalized spacial score (nSPS) is 11.5. The van der Waals surface area contributed by atoms with Crippen LogP contribution in [-0.2, 0) is 10.0 Å². The molecule has 0 aliphatic heterocycles. The Labute approximate surface area is 123 Å². The second kappa shape index (κ2) is 7.11. The molecule has 19 heavy (non-hydrogen) atoms. The van der Waals surface area contributed by atoms with Crippen molar-refractivity contribution in [2.24, 2.45) is 0 Å². The highest BCUT2D eigenvalue weighted by Gasteiger charge is 2.26. The summed E-state index contributed by atoms with van der Waals surface area (Å²) in [5.74, 6) is 0. The maximum Gasteiger partial charge on any atom is 0.244 e. The van der Waals surface area contributed by atoms with E-state index >= 15 is 0 Å². The molecule has 0 unspecified atom stereocenters. The van der Waals surface area contributed by atoms with Crippen molar-refractivity contribution in [2.45, 2.75) is 24.7 Å². The van der Waals surface area contributed by atoms with Gasteiger partial charge in [0, 0.05) is 24.5 Å². The fraction of sp³-hybridized carbons (Fsp3) is 0.417. The minimum atomic E-state index is -3.72. The third kappa shape index (κ3) is 4.08. The third-order valence-corrected chi connectivity index (χ3v) is 5.07. The summed E-state index contributed by atoms with van der Waals surface area (Å²) in [5.41, 5.74) is 0. The summed E-state index contributed by atoms with van der Waals surface area (Å²) in [4.78, 5) is -0.0203. The average molecular weight is 321 g/mol. The molecular weight excluding hydrogens is 307 g/mol. The molecule has 0 saturated heterocycles. The fourth-order valence-corrected chi connectivity index (χ4v) is 3.86. The van der Waals surface area contributed by atoms with Crippen LogP contribution in [0, 0.1) is 11.3 Å². The van der Waals surface area contributed by atoms with Crippen LogP contribution in [0.2, 0.25) is 10.0 Å². The zero-order valence-corrected chi connectivity index (χ0v) is 12.8. The van der Waals surface area contributed by atoms with Gasteiger partial charge in [-0.3, -0.25) is 0 Å². The van der Waals surface area contributed by atoms with Gasteiger partial charge < -0.3 is 0 Å². The number of benzene rings is 1. The standard InChI is InChI=1S/C12H14Cl2N2O2S/c1-2-7-16(8-3-6-15)19(17,18)12-9-10(13)4-5-11(12)14/h4-5,9H,2-3,7-8H2,1H3. The van der Waals surface area contributed by atoms with Gasteiger partial charge >= 0.3 is 0 Å². The molecule has 0 heterocycles. The molecule has 1 aromatic rings. The molecule has 0 spiro atoms. The summed E-state index contributed by atoms with van der Waals surface area (Å²) >= 11 is 11.7. The van der Waals surface area contributed by atoms with Gasteiger partial charge in [0.2, 0.25) is 10.0 Å². The van der Waals surface area contributed by atoms with E-state index in [1.807, 2.05) is 13.0 Å². The smallest absolute Gasteiger partial charge is 0.207 e. The monoisotopic (exact) mass is 320 g/mol. The zero-order valence-electron chi connectivity index (χ0n) is 10.4. The Bertz CT molecular complexity index is 582. The number of nitriles is 1. The maximum atomic E-state index is 12.5. The van der Waals surface area contributed by atoms with Gasteiger partial charge in [-0.05, 0) is 24.6 Å². The van der Waals surface area contributed by atoms with E-state index in [2.05, 4.69) is 0 Å². The van der Waals surface area contributed by atoms with Crippen LogP contribution in [0.3, 0.4) is 0 Å². The van der Waals surface area contributed by atoms with Crippen molar-refractivity contribution >= 4 is 33.2 Å². The number of sulfonamides is 1. The number of halogens is 2. The van der Waals surface area contributed by atoms with Crippen LogP contribution >= 0.6 is 23.2 Å². The third-order valence-electron chi connectivity index (χ3n) is 2.46. The zero-order chi connectivity index (χ0) is 14.5. The lowest BCUT2D eigenvalue weighted by molar-refractivity contribution is 0.417. The highest BCUT2D eigenvalue weighted by Crippen LogP contribution is 2.27. The molecule has 0 N–H and O–H groups in total. The molecule has 0 aliphatic rings. The predicted molar refractivity (Wildman–Crippen MR) is 75.7 cm³/mol. The second-order valence-corrected chi connectivity index (χ2v) is 6.64. The van der Waals surface area contributed by atoms with Crippen LogP contribution in [0.5, 0.6) is 0 Å². The molecule has 7 heteroatoms. The van der Waals surface area contributed by atoms with Gasteiger partial charge in [-0.15, -0.1) is 0 Å². The molecule has 104 valence electrons. The van der Waals surface area contributed by atoms with Crippen molar-refractivity contribution in [2.75, 3.05) is 13.1 Å². The van der Waals surface area contributed by atoms with Crippen molar-refractivity contribution in [1.29, 1.82) is 5.26 Å². The van der Waals surface area contributed by atoms with Crippen molar-refractivity contribution in [3.63, 3.8) is 0 Å². The summed E-state index contributed by atoms with van der Waals surface area (Å²) in [6.07, 6.45) is 0.792. The largest absolute Gasteiger partial charge is 0.244 e. The van der Waals surface area contributed by atoms with E-state index in [9.17, 15) is 8.42 Å². The van der Waals surface area contributed by atoms with Gasteiger partial charge in [0.1, 0.15) is 4.90 Å². The topological polar surface area (TPSA) is 61.2 Å². The summed E-state index contributed by atoms with van der Waals surface area (Å²) in [6.45, 7) is 2.36. The first-order valence-corrected chi connectivity index (χ1v) is 7.95. The van der Waals surface area contributed by atoms with Crippen molar-refractivity contribution in [3.8, 4) is 6.07 Å². The van der Waals surface area contributed by atoms with Crippen LogP contribution in [0.1, 0.15) is 19.8 Å². The maximum absolute atomic E-state index is 12.5.